The van der Waals surface area contributed by atoms with E-state index in [0.717, 1.165) is 36.0 Å². The van der Waals surface area contributed by atoms with Crippen molar-refractivity contribution in [2.75, 3.05) is 31.6 Å². The van der Waals surface area contributed by atoms with Gasteiger partial charge < -0.3 is 19.5 Å². The van der Waals surface area contributed by atoms with Gasteiger partial charge in [-0.15, -0.1) is 0 Å². The lowest BCUT2D eigenvalue weighted by atomic mass is 9.87. The van der Waals surface area contributed by atoms with Crippen LogP contribution in [0.4, 0.5) is 19.0 Å². The molecule has 5 heterocycles. The first kappa shape index (κ1) is 28.9. The fraction of sp³-hybridized carbons (Fsp3) is 0.419. The van der Waals surface area contributed by atoms with Crippen LogP contribution in [-0.2, 0) is 25.7 Å². The third kappa shape index (κ3) is 5.63. The van der Waals surface area contributed by atoms with Gasteiger partial charge in [-0.2, -0.15) is 18.3 Å². The molecule has 0 amide bonds. The van der Waals surface area contributed by atoms with E-state index in [9.17, 15) is 18.0 Å². The number of aryl methyl sites for hydroxylation is 3. The van der Waals surface area contributed by atoms with Gasteiger partial charge in [-0.3, -0.25) is 9.48 Å². The van der Waals surface area contributed by atoms with Crippen molar-refractivity contribution in [3.8, 4) is 16.9 Å². The van der Waals surface area contributed by atoms with Gasteiger partial charge >= 0.3 is 6.18 Å². The first-order chi connectivity index (χ1) is 20.5. The summed E-state index contributed by atoms with van der Waals surface area (Å²) in [6.07, 6.45) is 0.506. The van der Waals surface area contributed by atoms with Crippen molar-refractivity contribution in [1.82, 2.24) is 29.6 Å². The Labute approximate surface area is 247 Å². The van der Waals surface area contributed by atoms with E-state index in [1.165, 1.54) is 10.9 Å². The normalized spacial score (nSPS) is 17.1. The highest BCUT2D eigenvalue weighted by Crippen LogP contribution is 2.44. The van der Waals surface area contributed by atoms with Gasteiger partial charge in [-0.05, 0) is 63.2 Å². The molecule has 12 heteroatoms. The minimum Gasteiger partial charge on any atom is -0.491 e. The number of hydrogen-bond donors (Lipinski definition) is 1. The van der Waals surface area contributed by atoms with Crippen LogP contribution in [0, 0.1) is 19.8 Å². The van der Waals surface area contributed by atoms with E-state index < -0.39 is 17.8 Å². The molecule has 0 bridgehead atoms. The lowest BCUT2D eigenvalue weighted by Gasteiger charge is -2.40. The number of carbonyl (C=O) groups excluding carboxylic acids is 1. The molecule has 3 aromatic heterocycles. The second kappa shape index (κ2) is 11.1. The van der Waals surface area contributed by atoms with Gasteiger partial charge in [0.25, 0.3) is 0 Å². The van der Waals surface area contributed by atoms with Gasteiger partial charge in [0.1, 0.15) is 17.4 Å². The third-order valence-corrected chi connectivity index (χ3v) is 8.21. The molecule has 1 atom stereocenters. The maximum absolute atomic E-state index is 14.1. The average Bonchev–Trinajstić information content (AvgIpc) is 3.55. The predicted molar refractivity (Wildman–Crippen MR) is 155 cm³/mol. The summed E-state index contributed by atoms with van der Waals surface area (Å²) in [5.74, 6) is 1.07. The van der Waals surface area contributed by atoms with E-state index in [0.29, 0.717) is 24.6 Å². The largest absolute Gasteiger partial charge is 0.491 e. The monoisotopic (exact) mass is 593 g/mol. The lowest BCUT2D eigenvalue weighted by molar-refractivity contribution is -0.141. The first-order valence-electron chi connectivity index (χ1n) is 14.4. The van der Waals surface area contributed by atoms with Crippen LogP contribution >= 0.6 is 0 Å². The second-order valence-electron chi connectivity index (χ2n) is 11.3. The van der Waals surface area contributed by atoms with Crippen LogP contribution in [-0.4, -0.2) is 62.9 Å². The molecular formula is C31H34F3N7O2. The molecule has 6 rings (SSSR count). The Kier molecular flexibility index (Phi) is 7.49. The zero-order chi connectivity index (χ0) is 30.5. The number of rotatable bonds is 8. The van der Waals surface area contributed by atoms with Gasteiger partial charge in [0.2, 0.25) is 0 Å². The molecule has 0 aliphatic carbocycles. The molecule has 2 aliphatic rings. The summed E-state index contributed by atoms with van der Waals surface area (Å²) in [5, 5.41) is 7.07. The highest BCUT2D eigenvalue weighted by atomic mass is 19.4. The maximum Gasteiger partial charge on any atom is 0.435 e. The number of ether oxygens (including phenoxy) is 1. The summed E-state index contributed by atoms with van der Waals surface area (Å²) in [4.78, 5) is 25.3. The summed E-state index contributed by atoms with van der Waals surface area (Å²) < 4.78 is 51.7. The summed E-state index contributed by atoms with van der Waals surface area (Å²) in [5.41, 5.74) is 1.85. The summed E-state index contributed by atoms with van der Waals surface area (Å²) in [7, 11) is 1.94. The molecule has 226 valence electrons. The fourth-order valence-corrected chi connectivity index (χ4v) is 5.79. The number of pyridine rings is 1. The number of ketones is 1. The van der Waals surface area contributed by atoms with Crippen molar-refractivity contribution in [2.24, 2.45) is 5.92 Å². The van der Waals surface area contributed by atoms with Crippen LogP contribution in [0.1, 0.15) is 45.6 Å². The van der Waals surface area contributed by atoms with Crippen LogP contribution < -0.4 is 15.0 Å². The number of imidazole rings is 1. The number of Topliss-reactive ketones (excluding diaryl/α,β-unsaturated/α-hetero) is 1. The van der Waals surface area contributed by atoms with Gasteiger partial charge in [-0.25, -0.2) is 9.97 Å². The number of halogens is 3. The summed E-state index contributed by atoms with van der Waals surface area (Å²) >= 11 is 0. The van der Waals surface area contributed by atoms with Crippen molar-refractivity contribution < 1.29 is 22.7 Å². The number of fused-ring (bicyclic) bond motifs is 1. The molecule has 0 radical (unpaired) electrons. The number of hydrogen-bond acceptors (Lipinski definition) is 7. The maximum atomic E-state index is 14.1. The fourth-order valence-electron chi connectivity index (χ4n) is 5.79. The van der Waals surface area contributed by atoms with Crippen molar-refractivity contribution in [3.63, 3.8) is 0 Å². The zero-order valence-electron chi connectivity index (χ0n) is 24.6. The van der Waals surface area contributed by atoms with Crippen LogP contribution in [0.2, 0.25) is 0 Å². The van der Waals surface area contributed by atoms with E-state index in [1.807, 2.05) is 37.6 Å². The Morgan fingerprint density at radius 1 is 1.09 bits per heavy atom. The van der Waals surface area contributed by atoms with Gasteiger partial charge in [0, 0.05) is 74.1 Å². The molecular weight excluding hydrogens is 559 g/mol. The topological polar surface area (TPSA) is 90.1 Å². The number of alkyl halides is 3. The van der Waals surface area contributed by atoms with Crippen LogP contribution in [0.3, 0.4) is 0 Å². The number of anilines is 1. The van der Waals surface area contributed by atoms with Crippen molar-refractivity contribution in [2.45, 2.75) is 52.5 Å². The molecule has 9 nitrogen and oxygen atoms in total. The van der Waals surface area contributed by atoms with Crippen LogP contribution in [0.15, 0.2) is 42.9 Å². The van der Waals surface area contributed by atoms with Gasteiger partial charge in [-0.1, -0.05) is 0 Å². The SMILES string of the molecule is CCn1cc(-c2cc(Cn3ccnc3C)cc3c2OC[C@H](Cc2cc(C)cc(N4CC(NC)C4)n2)C3=O)c(C(F)(F)F)n1. The highest BCUT2D eigenvalue weighted by molar-refractivity contribution is 6.04. The van der Waals surface area contributed by atoms with Crippen molar-refractivity contribution in [1.29, 1.82) is 0 Å². The Bertz CT molecular complexity index is 1670. The van der Waals surface area contributed by atoms with Gasteiger partial charge in [0.15, 0.2) is 11.5 Å². The molecule has 0 spiro atoms. The van der Waals surface area contributed by atoms with Crippen molar-refractivity contribution in [3.05, 3.63) is 76.8 Å². The third-order valence-electron chi connectivity index (χ3n) is 8.21. The number of aromatic nitrogens is 5. The number of benzene rings is 1. The van der Waals surface area contributed by atoms with Gasteiger partial charge in [0.05, 0.1) is 18.1 Å². The molecule has 4 aromatic rings. The van der Waals surface area contributed by atoms with Crippen molar-refractivity contribution >= 4 is 11.6 Å². The molecule has 1 saturated heterocycles. The molecule has 0 saturated carbocycles. The number of carbonyl (C=O) groups is 1. The standard InChI is InChI=1S/C31H34F3N7O2/c1-5-41-16-26(30(38-41)31(32,33)34)24-10-20(13-39-7-6-36-19(39)3)11-25-28(42)21(17-43-29(24)25)12-22-8-18(2)9-27(37-22)40-14-23(15-40)35-4/h6-11,16,21,23,35H,5,12-15,17H2,1-4H3/t21-/m0/s1. The number of likely N-dealkylation sites (N-methyl/N-ethyl adjacent to an activating group) is 1. The molecule has 1 N–H and O–H groups in total. The Morgan fingerprint density at radius 3 is 2.53 bits per heavy atom. The average molecular weight is 594 g/mol. The van der Waals surface area contributed by atoms with E-state index >= 15 is 0 Å². The Hall–Kier alpha value is -4.19. The zero-order valence-corrected chi connectivity index (χ0v) is 24.6. The molecule has 2 aliphatic heterocycles. The first-order valence-corrected chi connectivity index (χ1v) is 14.4. The second-order valence-corrected chi connectivity index (χ2v) is 11.3. The minimum atomic E-state index is -4.68. The van der Waals surface area contributed by atoms with E-state index in [1.54, 1.807) is 31.5 Å². The predicted octanol–water partition coefficient (Wildman–Crippen LogP) is 4.69. The van der Waals surface area contributed by atoms with E-state index in [2.05, 4.69) is 20.3 Å². The quantitative estimate of drug-likeness (QED) is 0.317. The molecule has 0 unspecified atom stereocenters. The van der Waals surface area contributed by atoms with E-state index in [-0.39, 0.29) is 41.4 Å². The summed E-state index contributed by atoms with van der Waals surface area (Å²) in [6, 6.07) is 7.83. The number of nitrogens with zero attached hydrogens (tertiary/aromatic N) is 6. The summed E-state index contributed by atoms with van der Waals surface area (Å²) in [6.45, 7) is 7.94. The smallest absolute Gasteiger partial charge is 0.435 e. The lowest BCUT2D eigenvalue weighted by Crippen LogP contribution is -2.57. The van der Waals surface area contributed by atoms with E-state index in [4.69, 9.17) is 9.72 Å². The van der Waals surface area contributed by atoms with Crippen LogP contribution in [0.25, 0.3) is 11.1 Å². The highest BCUT2D eigenvalue weighted by Gasteiger charge is 2.40. The molecule has 43 heavy (non-hydrogen) atoms. The Balaban J connectivity index is 1.38. The Morgan fingerprint density at radius 2 is 1.86 bits per heavy atom. The minimum absolute atomic E-state index is 0.0403. The van der Waals surface area contributed by atoms with Crippen LogP contribution in [0.5, 0.6) is 5.75 Å². The molecule has 1 fully saturated rings. The molecule has 1 aromatic carbocycles. The number of nitrogens with one attached hydrogen (secondary N) is 1.